The number of carbonyl (C=O) groups is 1. The molecule has 3 rings (SSSR count). The molecule has 110 valence electrons. The lowest BCUT2D eigenvalue weighted by molar-refractivity contribution is -0.118. The maximum Gasteiger partial charge on any atom is 0.227 e. The van der Waals surface area contributed by atoms with Crippen LogP contribution in [0, 0.1) is 0 Å². The summed E-state index contributed by atoms with van der Waals surface area (Å²) in [4.78, 5) is 13.5. The minimum Gasteiger partial charge on any atom is -0.448 e. The Balaban J connectivity index is 1.98. The first-order chi connectivity index (χ1) is 10.1. The average Bonchev–Trinajstić information content (AvgIpc) is 2.90. The van der Waals surface area contributed by atoms with Crippen molar-refractivity contribution in [1.29, 1.82) is 0 Å². The average molecular weight is 305 g/mol. The van der Waals surface area contributed by atoms with Crippen LogP contribution >= 0.6 is 11.6 Å². The Kier molecular flexibility index (Phi) is 3.74. The van der Waals surface area contributed by atoms with Gasteiger partial charge >= 0.3 is 0 Å². The number of fused-ring (bicyclic) bond motifs is 1. The highest BCUT2D eigenvalue weighted by molar-refractivity contribution is 6.28. The molecule has 1 N–H and O–H groups in total. The van der Waals surface area contributed by atoms with Crippen molar-refractivity contribution < 1.29 is 9.21 Å². The summed E-state index contributed by atoms with van der Waals surface area (Å²) in [5.74, 6) is 0.945. The number of aryl methyl sites for hydroxylation is 1. The summed E-state index contributed by atoms with van der Waals surface area (Å²) in [7, 11) is 3.71. The normalized spacial score (nSPS) is 16.0. The molecule has 1 atom stereocenters. The quantitative estimate of drug-likeness (QED) is 0.947. The van der Waals surface area contributed by atoms with Crippen molar-refractivity contribution in [2.24, 2.45) is 0 Å². The number of nitrogens with one attached hydrogen (secondary N) is 1. The Morgan fingerprint density at radius 2 is 2.10 bits per heavy atom. The van der Waals surface area contributed by atoms with Gasteiger partial charge in [-0.2, -0.15) is 0 Å². The van der Waals surface area contributed by atoms with Gasteiger partial charge in [-0.3, -0.25) is 4.79 Å². The number of benzene rings is 1. The molecule has 4 nitrogen and oxygen atoms in total. The van der Waals surface area contributed by atoms with Gasteiger partial charge in [0.25, 0.3) is 0 Å². The molecule has 0 saturated heterocycles. The molecule has 5 heteroatoms. The van der Waals surface area contributed by atoms with Gasteiger partial charge in [-0.15, -0.1) is 0 Å². The number of nitrogens with zero attached hydrogens (tertiary/aromatic N) is 1. The number of amides is 1. The molecule has 1 aromatic heterocycles. The lowest BCUT2D eigenvalue weighted by Gasteiger charge is -2.27. The van der Waals surface area contributed by atoms with Crippen molar-refractivity contribution in [3.8, 4) is 0 Å². The lowest BCUT2D eigenvalue weighted by atomic mass is 9.95. The first kappa shape index (κ1) is 14.2. The summed E-state index contributed by atoms with van der Waals surface area (Å²) < 4.78 is 5.51. The molecule has 2 heterocycles. The minimum atomic E-state index is -0.0502. The highest BCUT2D eigenvalue weighted by atomic mass is 35.5. The van der Waals surface area contributed by atoms with Crippen molar-refractivity contribution in [2.45, 2.75) is 18.9 Å². The molecule has 1 aliphatic rings. The fraction of sp³-hybridized carbons (Fsp3) is 0.312. The number of anilines is 1. The summed E-state index contributed by atoms with van der Waals surface area (Å²) in [6, 6.07) is 9.72. The van der Waals surface area contributed by atoms with E-state index in [9.17, 15) is 4.79 Å². The van der Waals surface area contributed by atoms with E-state index >= 15 is 0 Å². The van der Waals surface area contributed by atoms with Crippen LogP contribution in [-0.4, -0.2) is 20.0 Å². The highest BCUT2D eigenvalue weighted by Crippen LogP contribution is 2.32. The smallest absolute Gasteiger partial charge is 0.227 e. The van der Waals surface area contributed by atoms with E-state index in [4.69, 9.17) is 16.0 Å². The van der Waals surface area contributed by atoms with Gasteiger partial charge in [-0.25, -0.2) is 0 Å². The van der Waals surface area contributed by atoms with Crippen LogP contribution in [0.5, 0.6) is 0 Å². The molecule has 1 unspecified atom stereocenters. The van der Waals surface area contributed by atoms with Crippen LogP contribution in [0.2, 0.25) is 5.22 Å². The van der Waals surface area contributed by atoms with Crippen LogP contribution in [0.3, 0.4) is 0 Å². The van der Waals surface area contributed by atoms with Crippen LogP contribution in [0.25, 0.3) is 0 Å². The standard InChI is InChI=1S/C16H17ClN2O2/c1-18-16(13-6-7-14(17)21-13)11-3-5-12-10(9-11)4-8-15(20)19(12)2/h3,5-7,9,16,18H,4,8H2,1-2H3. The first-order valence-corrected chi connectivity index (χ1v) is 7.30. The third kappa shape index (κ3) is 2.57. The Morgan fingerprint density at radius 3 is 2.76 bits per heavy atom. The Morgan fingerprint density at radius 1 is 1.29 bits per heavy atom. The van der Waals surface area contributed by atoms with E-state index in [0.717, 1.165) is 23.4 Å². The Labute approximate surface area is 128 Å². The lowest BCUT2D eigenvalue weighted by Crippen LogP contribution is -2.31. The number of carbonyl (C=O) groups excluding carboxylic acids is 1. The van der Waals surface area contributed by atoms with E-state index in [1.165, 1.54) is 5.56 Å². The SMILES string of the molecule is CNC(c1ccc2c(c1)CCC(=O)N2C)c1ccc(Cl)o1. The van der Waals surface area contributed by atoms with E-state index in [2.05, 4.69) is 11.4 Å². The maximum absolute atomic E-state index is 11.7. The highest BCUT2D eigenvalue weighted by Gasteiger charge is 2.23. The predicted octanol–water partition coefficient (Wildman–Crippen LogP) is 3.15. The molecular weight excluding hydrogens is 288 g/mol. The van der Waals surface area contributed by atoms with E-state index in [1.54, 1.807) is 11.0 Å². The zero-order chi connectivity index (χ0) is 15.0. The fourth-order valence-corrected chi connectivity index (χ4v) is 2.96. The second-order valence-corrected chi connectivity index (χ2v) is 5.58. The van der Waals surface area contributed by atoms with Crippen molar-refractivity contribution in [3.05, 3.63) is 52.4 Å². The molecule has 1 amide bonds. The van der Waals surface area contributed by atoms with Crippen molar-refractivity contribution in [3.63, 3.8) is 0 Å². The Bertz CT molecular complexity index is 681. The number of furan rings is 1. The zero-order valence-electron chi connectivity index (χ0n) is 12.0. The van der Waals surface area contributed by atoms with Crippen molar-refractivity contribution in [1.82, 2.24) is 5.32 Å². The van der Waals surface area contributed by atoms with Gasteiger partial charge in [0, 0.05) is 19.2 Å². The largest absolute Gasteiger partial charge is 0.448 e. The molecule has 0 bridgehead atoms. The van der Waals surface area contributed by atoms with Gasteiger partial charge in [0.1, 0.15) is 5.76 Å². The number of rotatable bonds is 3. The summed E-state index contributed by atoms with van der Waals surface area (Å²) in [5.41, 5.74) is 3.28. The van der Waals surface area contributed by atoms with E-state index in [0.29, 0.717) is 11.6 Å². The second kappa shape index (κ2) is 5.54. The summed E-state index contributed by atoms with van der Waals surface area (Å²) in [6.45, 7) is 0. The molecule has 21 heavy (non-hydrogen) atoms. The van der Waals surface area contributed by atoms with Gasteiger partial charge in [0.15, 0.2) is 5.22 Å². The third-order valence-corrected chi connectivity index (χ3v) is 4.15. The van der Waals surface area contributed by atoms with Crippen molar-refractivity contribution >= 4 is 23.2 Å². The molecule has 1 aliphatic heterocycles. The fourth-order valence-electron chi connectivity index (χ4n) is 2.81. The van der Waals surface area contributed by atoms with Crippen LogP contribution in [0.1, 0.15) is 29.3 Å². The van der Waals surface area contributed by atoms with Gasteiger partial charge in [0.2, 0.25) is 5.91 Å². The molecule has 0 radical (unpaired) electrons. The molecule has 0 spiro atoms. The van der Waals surface area contributed by atoms with Crippen LogP contribution in [-0.2, 0) is 11.2 Å². The number of hydrogen-bond acceptors (Lipinski definition) is 3. The van der Waals surface area contributed by atoms with Crippen LogP contribution in [0.15, 0.2) is 34.7 Å². The molecular formula is C16H17ClN2O2. The predicted molar refractivity (Wildman–Crippen MR) is 82.8 cm³/mol. The number of halogens is 1. The van der Waals surface area contributed by atoms with E-state index < -0.39 is 0 Å². The minimum absolute atomic E-state index is 0.0502. The summed E-state index contributed by atoms with van der Waals surface area (Å²) in [5, 5.41) is 3.62. The maximum atomic E-state index is 11.7. The second-order valence-electron chi connectivity index (χ2n) is 5.20. The van der Waals surface area contributed by atoms with Crippen LogP contribution in [0.4, 0.5) is 5.69 Å². The first-order valence-electron chi connectivity index (χ1n) is 6.92. The Hall–Kier alpha value is -1.78. The molecule has 0 fully saturated rings. The monoisotopic (exact) mass is 304 g/mol. The van der Waals surface area contributed by atoms with Gasteiger partial charge in [-0.1, -0.05) is 12.1 Å². The van der Waals surface area contributed by atoms with Crippen molar-refractivity contribution in [2.75, 3.05) is 19.0 Å². The molecule has 2 aromatic rings. The van der Waals surface area contributed by atoms with Gasteiger partial charge < -0.3 is 14.6 Å². The number of hydrogen-bond donors (Lipinski definition) is 1. The topological polar surface area (TPSA) is 45.5 Å². The molecule has 1 aromatic carbocycles. The third-order valence-electron chi connectivity index (χ3n) is 3.95. The van der Waals surface area contributed by atoms with Crippen LogP contribution < -0.4 is 10.2 Å². The van der Waals surface area contributed by atoms with E-state index in [1.807, 2.05) is 32.3 Å². The van der Waals surface area contributed by atoms with Gasteiger partial charge in [0.05, 0.1) is 6.04 Å². The summed E-state index contributed by atoms with van der Waals surface area (Å²) >= 11 is 5.86. The summed E-state index contributed by atoms with van der Waals surface area (Å²) in [6.07, 6.45) is 1.34. The molecule has 0 saturated carbocycles. The van der Waals surface area contributed by atoms with E-state index in [-0.39, 0.29) is 11.9 Å². The van der Waals surface area contributed by atoms with Gasteiger partial charge in [-0.05, 0) is 54.4 Å². The zero-order valence-corrected chi connectivity index (χ0v) is 12.8. The molecule has 0 aliphatic carbocycles.